The zero-order valence-electron chi connectivity index (χ0n) is 22.0. The van der Waals surface area contributed by atoms with Gasteiger partial charge in [-0.25, -0.2) is 0 Å². The summed E-state index contributed by atoms with van der Waals surface area (Å²) >= 11 is 0. The smallest absolute Gasteiger partial charge is 0.203 e. The predicted molar refractivity (Wildman–Crippen MR) is 146 cm³/mol. The summed E-state index contributed by atoms with van der Waals surface area (Å²) in [4.78, 5) is 13.9. The van der Waals surface area contributed by atoms with Crippen molar-refractivity contribution in [3.05, 3.63) is 77.0 Å². The first-order valence-corrected chi connectivity index (χ1v) is 12.6. The van der Waals surface area contributed by atoms with Gasteiger partial charge in [-0.3, -0.25) is 4.79 Å². The van der Waals surface area contributed by atoms with Gasteiger partial charge in [-0.15, -0.1) is 0 Å². The molecule has 0 unspecified atom stereocenters. The lowest BCUT2D eigenvalue weighted by atomic mass is 9.78. The summed E-state index contributed by atoms with van der Waals surface area (Å²) in [6, 6.07) is 16.5. The minimum Gasteiger partial charge on any atom is -0.504 e. The van der Waals surface area contributed by atoms with Crippen LogP contribution in [0.2, 0.25) is 0 Å². The molecule has 2 atom stereocenters. The Morgan fingerprint density at radius 3 is 2.21 bits per heavy atom. The number of benzene rings is 3. The third-order valence-electron chi connectivity index (χ3n) is 7.08. The molecule has 0 bridgehead atoms. The Balaban J connectivity index is 1.60. The number of aromatic hydroxyl groups is 1. The van der Waals surface area contributed by atoms with E-state index in [1.165, 1.54) is 0 Å². The standard InChI is InChI=1S/C30H32N2O6/c1-5-38-25-14-17(10-11-23(25)33)29-28-22(31-20-8-6-7-9-21(20)32-29)12-18(13-24(28)34)19-15-26(35-2)30(37-4)27(16-19)36-3/h6-11,14-16,18,29,31-33H,5,12-13H2,1-4H3/t18-,29+/m0/s1. The van der Waals surface area contributed by atoms with Gasteiger partial charge in [0.15, 0.2) is 28.8 Å². The van der Waals surface area contributed by atoms with Crippen molar-refractivity contribution < 1.29 is 28.8 Å². The molecule has 1 aliphatic carbocycles. The van der Waals surface area contributed by atoms with Gasteiger partial charge in [-0.1, -0.05) is 18.2 Å². The Bertz CT molecular complexity index is 1370. The Morgan fingerprint density at radius 2 is 1.55 bits per heavy atom. The lowest BCUT2D eigenvalue weighted by Gasteiger charge is -2.30. The van der Waals surface area contributed by atoms with Gasteiger partial charge in [0.1, 0.15) is 0 Å². The number of hydrogen-bond donors (Lipinski definition) is 3. The van der Waals surface area contributed by atoms with Crippen molar-refractivity contribution in [2.45, 2.75) is 31.7 Å². The highest BCUT2D eigenvalue weighted by Crippen LogP contribution is 2.47. The summed E-state index contributed by atoms with van der Waals surface area (Å²) in [7, 11) is 4.74. The Kier molecular flexibility index (Phi) is 7.05. The van der Waals surface area contributed by atoms with E-state index in [1.54, 1.807) is 33.5 Å². The fourth-order valence-electron chi connectivity index (χ4n) is 5.30. The largest absolute Gasteiger partial charge is 0.504 e. The Morgan fingerprint density at radius 1 is 0.868 bits per heavy atom. The van der Waals surface area contributed by atoms with Crippen molar-refractivity contribution in [2.75, 3.05) is 38.6 Å². The molecule has 1 heterocycles. The molecule has 1 aliphatic heterocycles. The zero-order valence-corrected chi connectivity index (χ0v) is 22.0. The van der Waals surface area contributed by atoms with Crippen LogP contribution in [0.5, 0.6) is 28.7 Å². The van der Waals surface area contributed by atoms with Crippen molar-refractivity contribution in [1.82, 2.24) is 0 Å². The number of ether oxygens (including phenoxy) is 4. The highest BCUT2D eigenvalue weighted by atomic mass is 16.5. The summed E-state index contributed by atoms with van der Waals surface area (Å²) in [5, 5.41) is 17.4. The lowest BCUT2D eigenvalue weighted by molar-refractivity contribution is -0.116. The second-order valence-corrected chi connectivity index (χ2v) is 9.29. The maximum Gasteiger partial charge on any atom is 0.203 e. The molecule has 0 fully saturated rings. The number of anilines is 2. The van der Waals surface area contributed by atoms with Gasteiger partial charge in [0.05, 0.1) is 45.4 Å². The third-order valence-corrected chi connectivity index (χ3v) is 7.08. The van der Waals surface area contributed by atoms with Gasteiger partial charge < -0.3 is 34.7 Å². The van der Waals surface area contributed by atoms with Crippen LogP contribution in [0.1, 0.15) is 42.9 Å². The van der Waals surface area contributed by atoms with E-state index in [0.29, 0.717) is 48.0 Å². The molecule has 198 valence electrons. The number of carbonyl (C=O) groups excluding carboxylic acids is 1. The molecule has 38 heavy (non-hydrogen) atoms. The van der Waals surface area contributed by atoms with Crippen LogP contribution in [0, 0.1) is 0 Å². The van der Waals surface area contributed by atoms with Crippen LogP contribution in [0.3, 0.4) is 0 Å². The normalized spacial score (nSPS) is 18.4. The van der Waals surface area contributed by atoms with E-state index in [2.05, 4.69) is 10.6 Å². The Labute approximate surface area is 222 Å². The summed E-state index contributed by atoms with van der Waals surface area (Å²) in [5.41, 5.74) is 5.08. The van der Waals surface area contributed by atoms with Crippen LogP contribution in [-0.2, 0) is 4.79 Å². The molecule has 8 nitrogen and oxygen atoms in total. The van der Waals surface area contributed by atoms with Crippen molar-refractivity contribution in [3.8, 4) is 28.7 Å². The van der Waals surface area contributed by atoms with Gasteiger partial charge in [0.2, 0.25) is 5.75 Å². The number of para-hydroxylation sites is 2. The maximum atomic E-state index is 13.9. The number of ketones is 1. The lowest BCUT2D eigenvalue weighted by Crippen LogP contribution is -2.27. The first-order chi connectivity index (χ1) is 18.5. The van der Waals surface area contributed by atoms with Crippen molar-refractivity contribution in [2.24, 2.45) is 0 Å². The molecule has 0 aromatic heterocycles. The quantitative estimate of drug-likeness (QED) is 0.363. The molecule has 5 rings (SSSR count). The minimum atomic E-state index is -0.422. The first kappa shape index (κ1) is 25.3. The predicted octanol–water partition coefficient (Wildman–Crippen LogP) is 5.80. The molecular formula is C30H32N2O6. The molecule has 8 heteroatoms. The fraction of sp³-hybridized carbons (Fsp3) is 0.300. The number of phenols is 1. The van der Waals surface area contributed by atoms with Gasteiger partial charge in [0.25, 0.3) is 0 Å². The number of carbonyl (C=O) groups is 1. The molecule has 3 aromatic rings. The summed E-state index contributed by atoms with van der Waals surface area (Å²) in [6.45, 7) is 2.29. The number of hydrogen-bond acceptors (Lipinski definition) is 8. The van der Waals surface area contributed by atoms with Crippen LogP contribution in [-0.4, -0.2) is 38.8 Å². The SMILES string of the molecule is CCOc1cc([C@H]2Nc3ccccc3NC3=C2C(=O)C[C@@H](c2cc(OC)c(OC)c(OC)c2)C3)ccc1O. The van der Waals surface area contributed by atoms with Crippen LogP contribution in [0.15, 0.2) is 65.9 Å². The van der Waals surface area contributed by atoms with Gasteiger partial charge >= 0.3 is 0 Å². The van der Waals surface area contributed by atoms with Crippen LogP contribution in [0.4, 0.5) is 11.4 Å². The van der Waals surface area contributed by atoms with Gasteiger partial charge in [-0.2, -0.15) is 0 Å². The molecule has 2 aliphatic rings. The van der Waals surface area contributed by atoms with E-state index in [1.807, 2.05) is 49.4 Å². The molecule has 0 radical (unpaired) electrons. The average molecular weight is 517 g/mol. The third kappa shape index (κ3) is 4.58. The van der Waals surface area contributed by atoms with E-state index in [0.717, 1.165) is 28.2 Å². The second kappa shape index (κ2) is 10.6. The van der Waals surface area contributed by atoms with Gasteiger partial charge in [0, 0.05) is 17.7 Å². The van der Waals surface area contributed by atoms with Crippen LogP contribution in [0.25, 0.3) is 0 Å². The summed E-state index contributed by atoms with van der Waals surface area (Å²) in [6.07, 6.45) is 0.937. The van der Waals surface area contributed by atoms with Crippen molar-refractivity contribution in [3.63, 3.8) is 0 Å². The highest BCUT2D eigenvalue weighted by Gasteiger charge is 2.37. The number of fused-ring (bicyclic) bond motifs is 1. The van der Waals surface area contributed by atoms with Crippen molar-refractivity contribution >= 4 is 17.2 Å². The van der Waals surface area contributed by atoms with Gasteiger partial charge in [-0.05, 0) is 66.8 Å². The molecule has 0 amide bonds. The maximum absolute atomic E-state index is 13.9. The monoisotopic (exact) mass is 516 g/mol. The van der Waals surface area contributed by atoms with E-state index < -0.39 is 6.04 Å². The molecule has 3 aromatic carbocycles. The zero-order chi connectivity index (χ0) is 26.8. The number of rotatable bonds is 7. The van der Waals surface area contributed by atoms with E-state index in [4.69, 9.17) is 18.9 Å². The topological polar surface area (TPSA) is 98.3 Å². The summed E-state index contributed by atoms with van der Waals surface area (Å²) < 4.78 is 22.3. The number of methoxy groups -OCH3 is 3. The Hall–Kier alpha value is -4.33. The number of nitrogens with one attached hydrogen (secondary N) is 2. The molecule has 3 N–H and O–H groups in total. The number of allylic oxidation sites excluding steroid dienone is 1. The minimum absolute atomic E-state index is 0.0360. The van der Waals surface area contributed by atoms with E-state index >= 15 is 0 Å². The fourth-order valence-corrected chi connectivity index (χ4v) is 5.30. The van der Waals surface area contributed by atoms with E-state index in [-0.39, 0.29) is 17.5 Å². The second-order valence-electron chi connectivity index (χ2n) is 9.29. The van der Waals surface area contributed by atoms with Crippen molar-refractivity contribution in [1.29, 1.82) is 0 Å². The van der Waals surface area contributed by atoms with E-state index in [9.17, 15) is 9.90 Å². The summed E-state index contributed by atoms with van der Waals surface area (Å²) in [5.74, 6) is 2.03. The first-order valence-electron chi connectivity index (χ1n) is 12.6. The van der Waals surface area contributed by atoms with Crippen LogP contribution >= 0.6 is 0 Å². The number of phenolic OH excluding ortho intramolecular Hbond substituents is 1. The molecule has 0 saturated carbocycles. The number of Topliss-reactive ketones (excluding diaryl/α,β-unsaturated/α-hetero) is 1. The molecule has 0 saturated heterocycles. The van der Waals surface area contributed by atoms with Crippen LogP contribution < -0.4 is 29.6 Å². The molecular weight excluding hydrogens is 484 g/mol. The highest BCUT2D eigenvalue weighted by molar-refractivity contribution is 6.01. The average Bonchev–Trinajstić information content (AvgIpc) is 3.10. The molecule has 0 spiro atoms.